The first-order valence-corrected chi connectivity index (χ1v) is 22.0. The third-order valence-corrected chi connectivity index (χ3v) is 19.5. The van der Waals surface area contributed by atoms with Gasteiger partial charge in [0.05, 0.1) is 24.2 Å². The molecule has 0 radical (unpaired) electrons. The number of benzene rings is 1. The number of aliphatic hydroxyl groups excluding tert-OH is 2. The molecule has 6 fully saturated rings. The van der Waals surface area contributed by atoms with Crippen molar-refractivity contribution in [3.05, 3.63) is 35.9 Å². The Balaban J connectivity index is 1.37. The van der Waals surface area contributed by atoms with Gasteiger partial charge in [-0.1, -0.05) is 83.7 Å². The number of carbonyl (C=O) groups is 1. The Morgan fingerprint density at radius 2 is 1.57 bits per heavy atom. The van der Waals surface area contributed by atoms with Crippen molar-refractivity contribution >= 4 is 5.97 Å². The number of hydrogen-bond acceptors (Lipinski definition) is 5. The van der Waals surface area contributed by atoms with E-state index in [0.29, 0.717) is 18.8 Å². The molecule has 6 nitrogen and oxygen atoms in total. The average molecular weight is 743 g/mol. The van der Waals surface area contributed by atoms with E-state index < -0.39 is 44.9 Å². The molecule has 0 amide bonds. The van der Waals surface area contributed by atoms with Gasteiger partial charge >= 0.3 is 5.97 Å². The third-order valence-electron chi connectivity index (χ3n) is 19.5. The second kappa shape index (κ2) is 12.8. The highest BCUT2D eigenvalue weighted by atomic mass is 16.6. The molecule has 0 aromatic heterocycles. The molecule has 8 rings (SSSR count). The van der Waals surface area contributed by atoms with E-state index in [2.05, 4.69) is 70.7 Å². The number of rotatable bonds is 8. The van der Waals surface area contributed by atoms with Crippen molar-refractivity contribution in [3.63, 3.8) is 0 Å². The molecule has 298 valence electrons. The summed E-state index contributed by atoms with van der Waals surface area (Å²) in [6.07, 6.45) is 14.3. The normalized spacial score (nSPS) is 51.8. The van der Waals surface area contributed by atoms with Gasteiger partial charge in [-0.3, -0.25) is 4.79 Å². The molecule has 5 saturated carbocycles. The molecule has 54 heavy (non-hydrogen) atoms. The number of aliphatic hydroxyl groups is 3. The van der Waals surface area contributed by atoms with Crippen LogP contribution in [0, 0.1) is 72.9 Å². The van der Waals surface area contributed by atoms with Gasteiger partial charge in [0.25, 0.3) is 0 Å². The number of hydrogen-bond donors (Lipinski definition) is 4. The average Bonchev–Trinajstić information content (AvgIpc) is 3.31. The minimum Gasteiger partial charge on any atom is -0.481 e. The summed E-state index contributed by atoms with van der Waals surface area (Å²) >= 11 is 0. The maximum atomic E-state index is 13.1. The van der Waals surface area contributed by atoms with E-state index in [1.165, 1.54) is 0 Å². The highest BCUT2D eigenvalue weighted by molar-refractivity contribution is 5.74. The molecule has 7 aliphatic rings. The van der Waals surface area contributed by atoms with Crippen LogP contribution in [0.2, 0.25) is 0 Å². The van der Waals surface area contributed by atoms with Gasteiger partial charge in [-0.25, -0.2) is 0 Å². The van der Waals surface area contributed by atoms with Gasteiger partial charge in [-0.15, -0.1) is 5.92 Å². The smallest absolute Gasteiger partial charge is 0.309 e. The van der Waals surface area contributed by atoms with Gasteiger partial charge in [0.15, 0.2) is 5.79 Å². The summed E-state index contributed by atoms with van der Waals surface area (Å²) in [7, 11) is 0. The third kappa shape index (κ3) is 4.59. The second-order valence-electron chi connectivity index (χ2n) is 21.1. The molecule has 4 N–H and O–H groups in total. The fourth-order valence-corrected chi connectivity index (χ4v) is 16.8. The SMILES string of the molecule is CCCC1CC#CC23CCC45C(Cc6ccccc6)OC(O)(CC(O)C4(CO)C2(C)CCC2(CC1)C1CC(C)(C(=O)O)CCC1(C)CCC23C)C5CCC. The summed E-state index contributed by atoms with van der Waals surface area (Å²) in [5.74, 6) is 6.57. The van der Waals surface area contributed by atoms with Crippen LogP contribution in [-0.2, 0) is 16.0 Å². The van der Waals surface area contributed by atoms with E-state index in [4.69, 9.17) is 4.74 Å². The van der Waals surface area contributed by atoms with Gasteiger partial charge in [0, 0.05) is 35.0 Å². The van der Waals surface area contributed by atoms with Crippen molar-refractivity contribution in [2.24, 2.45) is 61.1 Å². The molecular formula is C48H70O6. The number of carboxylic acids is 1. The molecule has 1 aromatic carbocycles. The van der Waals surface area contributed by atoms with Gasteiger partial charge in [-0.05, 0) is 136 Å². The lowest BCUT2D eigenvalue weighted by atomic mass is 9.21. The molecule has 6 aliphatic carbocycles. The molecule has 1 heterocycles. The summed E-state index contributed by atoms with van der Waals surface area (Å²) in [6, 6.07) is 10.5. The summed E-state index contributed by atoms with van der Waals surface area (Å²) in [4.78, 5) is 13.1. The molecule has 1 aromatic rings. The number of aliphatic carboxylic acids is 1. The number of fused-ring (bicyclic) bond motifs is 3. The molecular weight excluding hydrogens is 673 g/mol. The Morgan fingerprint density at radius 1 is 0.870 bits per heavy atom. The minimum atomic E-state index is -1.45. The zero-order chi connectivity index (χ0) is 38.6. The summed E-state index contributed by atoms with van der Waals surface area (Å²) in [5, 5.41) is 48.7. The van der Waals surface area contributed by atoms with Crippen molar-refractivity contribution in [1.29, 1.82) is 0 Å². The van der Waals surface area contributed by atoms with Crippen LogP contribution in [0.1, 0.15) is 156 Å². The van der Waals surface area contributed by atoms with E-state index in [1.807, 2.05) is 13.0 Å². The highest BCUT2D eigenvalue weighted by Gasteiger charge is 2.87. The quantitative estimate of drug-likeness (QED) is 0.198. The molecule has 1 aliphatic heterocycles. The molecule has 14 unspecified atom stereocenters. The Labute approximate surface area is 325 Å². The van der Waals surface area contributed by atoms with Gasteiger partial charge in [-0.2, -0.15) is 0 Å². The predicted octanol–water partition coefficient (Wildman–Crippen LogP) is 9.33. The fourth-order valence-electron chi connectivity index (χ4n) is 16.8. The zero-order valence-corrected chi connectivity index (χ0v) is 34.3. The van der Waals surface area contributed by atoms with E-state index in [-0.39, 0.29) is 47.2 Å². The molecule has 4 bridgehead atoms. The zero-order valence-electron chi connectivity index (χ0n) is 34.3. The lowest BCUT2D eigenvalue weighted by Crippen LogP contribution is -2.80. The predicted molar refractivity (Wildman–Crippen MR) is 211 cm³/mol. The molecule has 2 spiro atoms. The molecule has 1 saturated heterocycles. The summed E-state index contributed by atoms with van der Waals surface area (Å²) in [5.41, 5.74) is -2.60. The van der Waals surface area contributed by atoms with Crippen molar-refractivity contribution in [3.8, 4) is 11.8 Å². The first kappa shape index (κ1) is 38.9. The number of carboxylic acid groups (broad SMARTS) is 1. The van der Waals surface area contributed by atoms with Crippen LogP contribution in [0.3, 0.4) is 0 Å². The molecule has 14 atom stereocenters. The van der Waals surface area contributed by atoms with E-state index >= 15 is 0 Å². The lowest BCUT2D eigenvalue weighted by Gasteiger charge is -2.81. The minimum absolute atomic E-state index is 0.0723. The Morgan fingerprint density at radius 3 is 2.26 bits per heavy atom. The standard InChI is InChI=1S/C48H70O6/c1-7-13-33-17-12-19-45-27-28-46-35(14-8-2)48(53,54-38(46)29-34-15-10-9-11-16-34)31-37(50)47(46,32-49)43(45,6)25-26-44(20-18-33)36-30-41(4,39(51)52)22-21-40(36,3)23-24-42(44,45)5/h9-11,15-16,33,35-38,49-50,53H,7-8,13-14,17-18,20-32H2,1-6H3,(H,51,52). The van der Waals surface area contributed by atoms with E-state index in [1.54, 1.807) is 0 Å². The van der Waals surface area contributed by atoms with Crippen molar-refractivity contribution < 1.29 is 30.0 Å². The topological polar surface area (TPSA) is 107 Å². The highest BCUT2D eigenvalue weighted by Crippen LogP contribution is 2.88. The van der Waals surface area contributed by atoms with Gasteiger partial charge in [0.2, 0.25) is 0 Å². The van der Waals surface area contributed by atoms with E-state index in [9.17, 15) is 25.2 Å². The maximum absolute atomic E-state index is 13.1. The summed E-state index contributed by atoms with van der Waals surface area (Å²) < 4.78 is 6.98. The van der Waals surface area contributed by atoms with Crippen LogP contribution in [0.25, 0.3) is 0 Å². The van der Waals surface area contributed by atoms with Crippen molar-refractivity contribution in [2.75, 3.05) is 6.61 Å². The fraction of sp³-hybridized carbons (Fsp3) is 0.812. The van der Waals surface area contributed by atoms with E-state index in [0.717, 1.165) is 102 Å². The Hall–Kier alpha value is -1.91. The van der Waals surface area contributed by atoms with Crippen molar-refractivity contribution in [2.45, 2.75) is 175 Å². The van der Waals surface area contributed by atoms with Crippen LogP contribution >= 0.6 is 0 Å². The van der Waals surface area contributed by atoms with Gasteiger partial charge in [0.1, 0.15) is 0 Å². The lowest BCUT2D eigenvalue weighted by molar-refractivity contribution is -0.357. The van der Waals surface area contributed by atoms with Crippen LogP contribution < -0.4 is 0 Å². The number of ether oxygens (including phenoxy) is 1. The first-order chi connectivity index (χ1) is 25.6. The summed E-state index contributed by atoms with van der Waals surface area (Å²) in [6.45, 7) is 13.8. The first-order valence-electron chi connectivity index (χ1n) is 22.0. The maximum Gasteiger partial charge on any atom is 0.309 e. The monoisotopic (exact) mass is 743 g/mol. The van der Waals surface area contributed by atoms with Gasteiger partial charge < -0.3 is 25.2 Å². The molecule has 6 heteroatoms. The largest absolute Gasteiger partial charge is 0.481 e. The Kier molecular flexibility index (Phi) is 9.23. The van der Waals surface area contributed by atoms with Crippen LogP contribution in [0.5, 0.6) is 0 Å². The van der Waals surface area contributed by atoms with Crippen LogP contribution in [0.4, 0.5) is 0 Å². The van der Waals surface area contributed by atoms with Crippen LogP contribution in [0.15, 0.2) is 30.3 Å². The Bertz CT molecular complexity index is 1680. The van der Waals surface area contributed by atoms with Crippen molar-refractivity contribution in [1.82, 2.24) is 0 Å². The second-order valence-corrected chi connectivity index (χ2v) is 21.1. The van der Waals surface area contributed by atoms with Crippen LogP contribution in [-0.4, -0.2) is 51.0 Å².